The van der Waals surface area contributed by atoms with E-state index in [9.17, 15) is 0 Å². The molecule has 0 fully saturated rings. The second kappa shape index (κ2) is 5.58. The Morgan fingerprint density at radius 2 is 2.06 bits per heavy atom. The van der Waals surface area contributed by atoms with E-state index in [0.717, 1.165) is 24.3 Å². The summed E-state index contributed by atoms with van der Waals surface area (Å²) in [6, 6.07) is 8.12. The molecule has 1 aromatic heterocycles. The van der Waals surface area contributed by atoms with Gasteiger partial charge in [0.1, 0.15) is 0 Å². The third kappa shape index (κ3) is 3.26. The summed E-state index contributed by atoms with van der Waals surface area (Å²) in [7, 11) is 1.92. The van der Waals surface area contributed by atoms with E-state index in [1.54, 1.807) is 4.68 Å². The van der Waals surface area contributed by atoms with Crippen molar-refractivity contribution >= 4 is 11.4 Å². The first-order valence-electron chi connectivity index (χ1n) is 6.23. The number of hydrogen-bond donors (Lipinski definition) is 2. The van der Waals surface area contributed by atoms with Crippen LogP contribution < -0.4 is 11.1 Å². The van der Waals surface area contributed by atoms with Gasteiger partial charge < -0.3 is 11.1 Å². The fourth-order valence-corrected chi connectivity index (χ4v) is 1.94. The summed E-state index contributed by atoms with van der Waals surface area (Å²) in [5, 5.41) is 7.49. The molecule has 1 heterocycles. The van der Waals surface area contributed by atoms with Gasteiger partial charge in [-0.25, -0.2) is 0 Å². The molecule has 2 rings (SSSR count). The van der Waals surface area contributed by atoms with Crippen molar-refractivity contribution in [3.8, 4) is 0 Å². The van der Waals surface area contributed by atoms with E-state index in [4.69, 9.17) is 5.73 Å². The van der Waals surface area contributed by atoms with Gasteiger partial charge >= 0.3 is 0 Å². The molecule has 0 aliphatic carbocycles. The Balaban J connectivity index is 1.81. The number of nitrogen functional groups attached to an aromatic ring is 1. The van der Waals surface area contributed by atoms with Crippen LogP contribution in [0.3, 0.4) is 0 Å². The Bertz CT molecular complexity index is 487. The lowest BCUT2D eigenvalue weighted by atomic mass is 9.97. The number of benzene rings is 1. The van der Waals surface area contributed by atoms with Crippen LogP contribution >= 0.6 is 0 Å². The highest BCUT2D eigenvalue weighted by molar-refractivity contribution is 5.40. The normalized spacial score (nSPS) is 12.3. The molecule has 1 aromatic carbocycles. The highest BCUT2D eigenvalue weighted by Crippen LogP contribution is 2.20. The van der Waals surface area contributed by atoms with Crippen LogP contribution in [-0.2, 0) is 7.05 Å². The first kappa shape index (κ1) is 12.5. The summed E-state index contributed by atoms with van der Waals surface area (Å²) in [5.74, 6) is 0.523. The maximum atomic E-state index is 5.68. The lowest BCUT2D eigenvalue weighted by Crippen LogP contribution is -2.05. The highest BCUT2D eigenvalue weighted by atomic mass is 15.3. The van der Waals surface area contributed by atoms with Crippen LogP contribution in [0.2, 0.25) is 0 Å². The quantitative estimate of drug-likeness (QED) is 0.795. The first-order chi connectivity index (χ1) is 8.65. The number of aromatic nitrogens is 2. The van der Waals surface area contributed by atoms with Crippen LogP contribution in [0.15, 0.2) is 36.7 Å². The summed E-state index contributed by atoms with van der Waals surface area (Å²) < 4.78 is 1.80. The third-order valence-corrected chi connectivity index (χ3v) is 3.12. The zero-order chi connectivity index (χ0) is 13.0. The van der Waals surface area contributed by atoms with E-state index in [-0.39, 0.29) is 0 Å². The standard InChI is InChI=1S/C14H20N4/c1-11(12-3-5-13(15)6-4-12)7-8-16-14-9-17-18(2)10-14/h3-6,9-11,16H,7-8,15H2,1-2H3. The number of aryl methyl sites for hydroxylation is 1. The molecule has 0 saturated heterocycles. The number of rotatable bonds is 5. The molecule has 0 bridgehead atoms. The molecule has 96 valence electrons. The van der Waals surface area contributed by atoms with Gasteiger partial charge in [-0.15, -0.1) is 0 Å². The molecule has 4 heteroatoms. The topological polar surface area (TPSA) is 55.9 Å². The van der Waals surface area contributed by atoms with Gasteiger partial charge in [0.15, 0.2) is 0 Å². The fraction of sp³-hybridized carbons (Fsp3) is 0.357. The zero-order valence-electron chi connectivity index (χ0n) is 10.9. The Labute approximate surface area is 108 Å². The maximum absolute atomic E-state index is 5.68. The highest BCUT2D eigenvalue weighted by Gasteiger charge is 2.05. The molecule has 3 N–H and O–H groups in total. The minimum atomic E-state index is 0.523. The molecule has 0 aliphatic heterocycles. The molecular formula is C14H20N4. The lowest BCUT2D eigenvalue weighted by molar-refractivity contribution is 0.706. The van der Waals surface area contributed by atoms with Gasteiger partial charge in [-0.3, -0.25) is 4.68 Å². The van der Waals surface area contributed by atoms with E-state index < -0.39 is 0 Å². The number of hydrogen-bond acceptors (Lipinski definition) is 3. The van der Waals surface area contributed by atoms with Crippen molar-refractivity contribution in [2.75, 3.05) is 17.6 Å². The molecule has 18 heavy (non-hydrogen) atoms. The minimum absolute atomic E-state index is 0.523. The van der Waals surface area contributed by atoms with Gasteiger partial charge in [0, 0.05) is 25.5 Å². The molecule has 1 unspecified atom stereocenters. The van der Waals surface area contributed by atoms with Gasteiger partial charge in [-0.1, -0.05) is 19.1 Å². The SMILES string of the molecule is CC(CCNc1cnn(C)c1)c1ccc(N)cc1. The molecule has 0 aliphatic rings. The summed E-state index contributed by atoms with van der Waals surface area (Å²) in [6.07, 6.45) is 4.90. The molecule has 0 saturated carbocycles. The monoisotopic (exact) mass is 244 g/mol. The molecule has 4 nitrogen and oxygen atoms in total. The van der Waals surface area contributed by atoms with Crippen LogP contribution in [0.25, 0.3) is 0 Å². The van der Waals surface area contributed by atoms with Crippen molar-refractivity contribution in [3.63, 3.8) is 0 Å². The third-order valence-electron chi connectivity index (χ3n) is 3.12. The average Bonchev–Trinajstić information content (AvgIpc) is 2.76. The van der Waals surface area contributed by atoms with Crippen LogP contribution in [0.4, 0.5) is 11.4 Å². The average molecular weight is 244 g/mol. The predicted octanol–water partition coefficient (Wildman–Crippen LogP) is 2.61. The Morgan fingerprint density at radius 1 is 1.33 bits per heavy atom. The van der Waals surface area contributed by atoms with Crippen LogP contribution in [0.1, 0.15) is 24.8 Å². The summed E-state index contributed by atoms with van der Waals surface area (Å²) >= 11 is 0. The van der Waals surface area contributed by atoms with Gasteiger partial charge in [0.25, 0.3) is 0 Å². The van der Waals surface area contributed by atoms with E-state index in [1.807, 2.05) is 31.6 Å². The Hall–Kier alpha value is -1.97. The second-order valence-corrected chi connectivity index (χ2v) is 4.69. The van der Waals surface area contributed by atoms with Crippen LogP contribution in [-0.4, -0.2) is 16.3 Å². The summed E-state index contributed by atoms with van der Waals surface area (Å²) in [6.45, 7) is 3.17. The van der Waals surface area contributed by atoms with E-state index in [0.29, 0.717) is 5.92 Å². The van der Waals surface area contributed by atoms with Crippen molar-refractivity contribution < 1.29 is 0 Å². The summed E-state index contributed by atoms with van der Waals surface area (Å²) in [5.41, 5.74) is 8.90. The van der Waals surface area contributed by atoms with E-state index in [1.165, 1.54) is 5.56 Å². The molecular weight excluding hydrogens is 224 g/mol. The number of nitrogens with zero attached hydrogens (tertiary/aromatic N) is 2. The van der Waals surface area contributed by atoms with Crippen LogP contribution in [0, 0.1) is 0 Å². The minimum Gasteiger partial charge on any atom is -0.399 e. The zero-order valence-corrected chi connectivity index (χ0v) is 10.9. The van der Waals surface area contributed by atoms with Crippen molar-refractivity contribution in [1.82, 2.24) is 9.78 Å². The first-order valence-corrected chi connectivity index (χ1v) is 6.23. The lowest BCUT2D eigenvalue weighted by Gasteiger charge is -2.12. The van der Waals surface area contributed by atoms with E-state index >= 15 is 0 Å². The largest absolute Gasteiger partial charge is 0.399 e. The maximum Gasteiger partial charge on any atom is 0.0726 e. The van der Waals surface area contributed by atoms with Crippen molar-refractivity contribution in [1.29, 1.82) is 0 Å². The van der Waals surface area contributed by atoms with Crippen molar-refractivity contribution in [2.45, 2.75) is 19.3 Å². The van der Waals surface area contributed by atoms with Gasteiger partial charge in [-0.05, 0) is 30.0 Å². The second-order valence-electron chi connectivity index (χ2n) is 4.69. The Kier molecular flexibility index (Phi) is 3.87. The van der Waals surface area contributed by atoms with Gasteiger partial charge in [0.05, 0.1) is 11.9 Å². The molecule has 1 atom stereocenters. The van der Waals surface area contributed by atoms with E-state index in [2.05, 4.69) is 29.5 Å². The van der Waals surface area contributed by atoms with Gasteiger partial charge in [-0.2, -0.15) is 5.10 Å². The fourth-order valence-electron chi connectivity index (χ4n) is 1.94. The van der Waals surface area contributed by atoms with Crippen molar-refractivity contribution in [3.05, 3.63) is 42.2 Å². The smallest absolute Gasteiger partial charge is 0.0726 e. The number of anilines is 2. The van der Waals surface area contributed by atoms with Crippen LogP contribution in [0.5, 0.6) is 0 Å². The van der Waals surface area contributed by atoms with Gasteiger partial charge in [0.2, 0.25) is 0 Å². The predicted molar refractivity (Wildman–Crippen MR) is 75.6 cm³/mol. The molecule has 2 aromatic rings. The number of nitrogens with two attached hydrogens (primary N) is 1. The summed E-state index contributed by atoms with van der Waals surface area (Å²) in [4.78, 5) is 0. The van der Waals surface area contributed by atoms with Crippen molar-refractivity contribution in [2.24, 2.45) is 7.05 Å². The Morgan fingerprint density at radius 3 is 2.67 bits per heavy atom. The number of nitrogens with one attached hydrogen (secondary N) is 1. The molecule has 0 spiro atoms. The molecule has 0 amide bonds. The molecule has 0 radical (unpaired) electrons.